The van der Waals surface area contributed by atoms with Gasteiger partial charge >= 0.3 is 5.69 Å². The van der Waals surface area contributed by atoms with Crippen molar-refractivity contribution >= 4 is 35.0 Å². The second kappa shape index (κ2) is 7.72. The fraction of sp³-hybridized carbons (Fsp3) is 0.312. The van der Waals surface area contributed by atoms with Crippen molar-refractivity contribution in [1.82, 2.24) is 9.55 Å². The molecule has 0 fully saturated rings. The van der Waals surface area contributed by atoms with Gasteiger partial charge in [-0.05, 0) is 30.2 Å². The van der Waals surface area contributed by atoms with Crippen LogP contribution in [0.1, 0.15) is 24.2 Å². The van der Waals surface area contributed by atoms with E-state index in [1.807, 2.05) is 13.8 Å². The number of aromatic amines is 1. The highest BCUT2D eigenvalue weighted by atomic mass is 35.5. The topological polar surface area (TPSA) is 97.9 Å². The van der Waals surface area contributed by atoms with E-state index >= 15 is 0 Å². The maximum atomic E-state index is 12.4. The molecule has 0 saturated carbocycles. The quantitative estimate of drug-likeness (QED) is 0.603. The zero-order chi connectivity index (χ0) is 17.9. The monoisotopic (exact) mass is 367 g/mol. The molecule has 6 nitrogen and oxygen atoms in total. The molecule has 2 aromatic rings. The molecule has 0 atom stereocenters. The highest BCUT2D eigenvalue weighted by molar-refractivity contribution is 8.00. The Morgan fingerprint density at radius 2 is 1.92 bits per heavy atom. The van der Waals surface area contributed by atoms with Gasteiger partial charge in [0.2, 0.25) is 0 Å². The summed E-state index contributed by atoms with van der Waals surface area (Å²) in [5.41, 5.74) is 4.39. The molecule has 1 aromatic carbocycles. The first kappa shape index (κ1) is 18.4. The van der Waals surface area contributed by atoms with Crippen molar-refractivity contribution < 1.29 is 4.79 Å². The number of nitrogens with zero attached hydrogens (tertiary/aromatic N) is 1. The van der Waals surface area contributed by atoms with Gasteiger partial charge in [-0.2, -0.15) is 0 Å². The van der Waals surface area contributed by atoms with E-state index in [9.17, 15) is 14.4 Å². The summed E-state index contributed by atoms with van der Waals surface area (Å²) in [6.07, 6.45) is 0. The Hall–Kier alpha value is -1.99. The molecule has 0 aliphatic heterocycles. The van der Waals surface area contributed by atoms with Crippen molar-refractivity contribution in [1.29, 1.82) is 0 Å². The van der Waals surface area contributed by atoms with Gasteiger partial charge in [-0.25, -0.2) is 4.79 Å². The summed E-state index contributed by atoms with van der Waals surface area (Å²) in [6, 6.07) is 7.01. The molecule has 2 rings (SSSR count). The van der Waals surface area contributed by atoms with Crippen LogP contribution in [0.3, 0.4) is 0 Å². The van der Waals surface area contributed by atoms with E-state index in [-0.39, 0.29) is 23.1 Å². The fourth-order valence-electron chi connectivity index (χ4n) is 2.16. The summed E-state index contributed by atoms with van der Waals surface area (Å²) in [7, 11) is 0. The molecule has 0 bridgehead atoms. The largest absolute Gasteiger partial charge is 0.384 e. The third-order valence-electron chi connectivity index (χ3n) is 3.25. The maximum absolute atomic E-state index is 12.4. The number of thioether (sulfide) groups is 1. The summed E-state index contributed by atoms with van der Waals surface area (Å²) in [5.74, 6) is -0.331. The third-order valence-corrected chi connectivity index (χ3v) is 4.51. The van der Waals surface area contributed by atoms with Crippen molar-refractivity contribution in [3.05, 3.63) is 55.7 Å². The van der Waals surface area contributed by atoms with E-state index < -0.39 is 17.0 Å². The maximum Gasteiger partial charge on any atom is 0.329 e. The Bertz CT molecular complexity index is 856. The number of hydrogen-bond acceptors (Lipinski definition) is 5. The number of carbonyl (C=O) groups excluding carboxylic acids is 1. The van der Waals surface area contributed by atoms with Gasteiger partial charge < -0.3 is 5.73 Å². The minimum atomic E-state index is -0.751. The molecule has 0 unspecified atom stereocenters. The van der Waals surface area contributed by atoms with Crippen molar-refractivity contribution in [2.24, 2.45) is 5.92 Å². The molecule has 3 N–H and O–H groups in total. The SMILES string of the molecule is CC(C)Cn1c(N)c(C(=O)CSc2ccc(Cl)cc2)c(=O)[nH]c1=O. The molecule has 0 spiro atoms. The standard InChI is InChI=1S/C16H18ClN3O3S/c1-9(2)7-20-14(18)13(15(22)19-16(20)23)12(21)8-24-11-5-3-10(17)4-6-11/h3-6,9H,7-8,18H2,1-2H3,(H,19,22,23). The lowest BCUT2D eigenvalue weighted by molar-refractivity contribution is 0.102. The number of H-pyrrole nitrogens is 1. The van der Waals surface area contributed by atoms with E-state index in [2.05, 4.69) is 4.98 Å². The number of halogens is 1. The van der Waals surface area contributed by atoms with Crippen molar-refractivity contribution in [2.45, 2.75) is 25.3 Å². The summed E-state index contributed by atoms with van der Waals surface area (Å²) >= 11 is 7.08. The number of nitrogen functional groups attached to an aromatic ring is 1. The van der Waals surface area contributed by atoms with E-state index in [0.717, 1.165) is 4.90 Å². The molecule has 24 heavy (non-hydrogen) atoms. The van der Waals surface area contributed by atoms with Gasteiger partial charge in [-0.3, -0.25) is 19.1 Å². The smallest absolute Gasteiger partial charge is 0.329 e. The molecule has 0 aliphatic rings. The first-order valence-electron chi connectivity index (χ1n) is 7.33. The molecule has 8 heteroatoms. The van der Waals surface area contributed by atoms with E-state index in [1.165, 1.54) is 16.3 Å². The normalized spacial score (nSPS) is 11.0. The Morgan fingerprint density at radius 1 is 1.29 bits per heavy atom. The van der Waals surface area contributed by atoms with Crippen LogP contribution in [0, 0.1) is 5.92 Å². The second-order valence-electron chi connectivity index (χ2n) is 5.69. The number of anilines is 1. The van der Waals surface area contributed by atoms with Gasteiger partial charge in [0.25, 0.3) is 5.56 Å². The Morgan fingerprint density at radius 3 is 2.50 bits per heavy atom. The van der Waals surface area contributed by atoms with Gasteiger partial charge in [-0.1, -0.05) is 25.4 Å². The van der Waals surface area contributed by atoms with Crippen molar-refractivity contribution in [2.75, 3.05) is 11.5 Å². The van der Waals surface area contributed by atoms with E-state index in [0.29, 0.717) is 11.6 Å². The molecule has 0 amide bonds. The molecule has 0 aliphatic carbocycles. The summed E-state index contributed by atoms with van der Waals surface area (Å²) in [6.45, 7) is 4.15. The zero-order valence-corrected chi connectivity index (χ0v) is 14.9. The van der Waals surface area contributed by atoms with Crippen LogP contribution in [0.4, 0.5) is 5.82 Å². The lowest BCUT2D eigenvalue weighted by Gasteiger charge is -2.13. The Labute approximate surface area is 148 Å². The van der Waals surface area contributed by atoms with Gasteiger partial charge in [0, 0.05) is 16.5 Å². The first-order chi connectivity index (χ1) is 11.3. The number of benzene rings is 1. The van der Waals surface area contributed by atoms with Crippen molar-refractivity contribution in [3.63, 3.8) is 0 Å². The minimum absolute atomic E-state index is 0.0365. The number of ketones is 1. The Kier molecular flexibility index (Phi) is 5.90. The van der Waals surface area contributed by atoms with Crippen LogP contribution in [-0.4, -0.2) is 21.1 Å². The fourth-order valence-corrected chi connectivity index (χ4v) is 3.05. The van der Waals surface area contributed by atoms with Crippen LogP contribution in [0.5, 0.6) is 0 Å². The lowest BCUT2D eigenvalue weighted by Crippen LogP contribution is -2.37. The molecule has 128 valence electrons. The van der Waals surface area contributed by atoms with Gasteiger partial charge in [-0.15, -0.1) is 11.8 Å². The van der Waals surface area contributed by atoms with Crippen LogP contribution >= 0.6 is 23.4 Å². The highest BCUT2D eigenvalue weighted by Gasteiger charge is 2.19. The second-order valence-corrected chi connectivity index (χ2v) is 7.17. The molecule has 0 radical (unpaired) electrons. The van der Waals surface area contributed by atoms with Crippen molar-refractivity contribution in [3.8, 4) is 0 Å². The summed E-state index contributed by atoms with van der Waals surface area (Å²) in [5, 5.41) is 0.604. The molecule has 1 heterocycles. The molecule has 0 saturated heterocycles. The van der Waals surface area contributed by atoms with Gasteiger partial charge in [0.15, 0.2) is 5.78 Å². The molecular weight excluding hydrogens is 350 g/mol. The number of carbonyl (C=O) groups is 1. The van der Waals surface area contributed by atoms with Crippen LogP contribution in [0.2, 0.25) is 5.02 Å². The first-order valence-corrected chi connectivity index (χ1v) is 8.70. The van der Waals surface area contributed by atoms with E-state index in [4.69, 9.17) is 17.3 Å². The summed E-state index contributed by atoms with van der Waals surface area (Å²) < 4.78 is 1.23. The Balaban J connectivity index is 2.27. The summed E-state index contributed by atoms with van der Waals surface area (Å²) in [4.78, 5) is 39.3. The van der Waals surface area contributed by atoms with Gasteiger partial charge in [0.05, 0.1) is 5.75 Å². The predicted molar refractivity (Wildman–Crippen MR) is 97.1 cm³/mol. The average Bonchev–Trinajstić information content (AvgIpc) is 2.50. The average molecular weight is 368 g/mol. The number of nitrogens with two attached hydrogens (primary N) is 1. The number of rotatable bonds is 6. The lowest BCUT2D eigenvalue weighted by atomic mass is 10.2. The van der Waals surface area contributed by atoms with Crippen LogP contribution in [0.25, 0.3) is 0 Å². The van der Waals surface area contributed by atoms with Crippen LogP contribution in [-0.2, 0) is 6.54 Å². The van der Waals surface area contributed by atoms with E-state index in [1.54, 1.807) is 24.3 Å². The highest BCUT2D eigenvalue weighted by Crippen LogP contribution is 2.21. The molecular formula is C16H18ClN3O3S. The zero-order valence-electron chi connectivity index (χ0n) is 13.3. The molecule has 1 aromatic heterocycles. The number of aromatic nitrogens is 2. The van der Waals surface area contributed by atoms with Crippen LogP contribution < -0.4 is 17.0 Å². The minimum Gasteiger partial charge on any atom is -0.384 e. The number of Topliss-reactive ketones (excluding diaryl/α,β-unsaturated/α-hetero) is 1. The third kappa shape index (κ3) is 4.30. The predicted octanol–water partition coefficient (Wildman–Crippen LogP) is 2.40. The number of nitrogens with one attached hydrogen (secondary N) is 1. The van der Waals surface area contributed by atoms with Gasteiger partial charge in [0.1, 0.15) is 11.4 Å². The van der Waals surface area contributed by atoms with Crippen LogP contribution in [0.15, 0.2) is 38.8 Å². The number of hydrogen-bond donors (Lipinski definition) is 2.